The lowest BCUT2D eigenvalue weighted by Crippen LogP contribution is -2.41. The van der Waals surface area contributed by atoms with Gasteiger partial charge in [0.1, 0.15) is 11.9 Å². The molecule has 2 aromatic carbocycles. The van der Waals surface area contributed by atoms with Crippen molar-refractivity contribution >= 4 is 64.3 Å². The number of nitrogens with one attached hydrogen (secondary N) is 4. The number of hydrogen-bond acceptors (Lipinski definition) is 15. The smallest absolute Gasteiger partial charge is 0.269 e. The quantitative estimate of drug-likeness (QED) is 0.0249. The number of aldehydes is 1. The zero-order valence-electron chi connectivity index (χ0n) is 36.7. The fourth-order valence-corrected chi connectivity index (χ4v) is 8.54. The molecule has 3 unspecified atom stereocenters. The second kappa shape index (κ2) is 24.2. The van der Waals surface area contributed by atoms with Crippen molar-refractivity contribution in [1.29, 1.82) is 0 Å². The van der Waals surface area contributed by atoms with Crippen LogP contribution in [-0.2, 0) is 28.5 Å². The molecule has 0 radical (unpaired) electrons. The van der Waals surface area contributed by atoms with Gasteiger partial charge in [-0.25, -0.2) is 13.8 Å². The van der Waals surface area contributed by atoms with Crippen LogP contribution in [0.1, 0.15) is 83.3 Å². The number of benzene rings is 2. The third-order valence-corrected chi connectivity index (χ3v) is 12.1. The number of aryl methyl sites for hydroxylation is 1. The van der Waals surface area contributed by atoms with E-state index in [-0.39, 0.29) is 47.8 Å². The van der Waals surface area contributed by atoms with Gasteiger partial charge >= 0.3 is 0 Å². The van der Waals surface area contributed by atoms with E-state index in [0.29, 0.717) is 89.0 Å². The first-order valence-electron chi connectivity index (χ1n) is 21.7. The molecule has 2 aromatic heterocycles. The topological polar surface area (TPSA) is 204 Å². The van der Waals surface area contributed by atoms with Crippen molar-refractivity contribution in [3.8, 4) is 0 Å². The number of ether oxygens (including phenoxy) is 4. The highest BCUT2D eigenvalue weighted by molar-refractivity contribution is 7.97. The Morgan fingerprint density at radius 2 is 1.63 bits per heavy atom. The number of fused-ring (bicyclic) bond motifs is 2. The normalized spacial score (nSPS) is 16.4. The van der Waals surface area contributed by atoms with Crippen molar-refractivity contribution in [2.24, 2.45) is 5.92 Å². The van der Waals surface area contributed by atoms with Crippen LogP contribution >= 0.6 is 11.9 Å². The molecule has 65 heavy (non-hydrogen) atoms. The molecule has 3 atom stereocenters. The Kier molecular flexibility index (Phi) is 18.3. The summed E-state index contributed by atoms with van der Waals surface area (Å²) in [6.07, 6.45) is 1.74. The molecule has 3 amide bonds. The zero-order valence-corrected chi connectivity index (χ0v) is 37.6. The summed E-state index contributed by atoms with van der Waals surface area (Å²) in [6.45, 7) is 8.13. The number of halogens is 2. The third kappa shape index (κ3) is 12.7. The highest BCUT2D eigenvalue weighted by Crippen LogP contribution is 2.37. The molecule has 4 aromatic rings. The molecule has 4 N–H and O–H groups in total. The minimum absolute atomic E-state index is 0.00281. The molecule has 1 saturated carbocycles. The summed E-state index contributed by atoms with van der Waals surface area (Å²) in [5.74, 6) is -0.994. The van der Waals surface area contributed by atoms with Gasteiger partial charge < -0.3 is 39.7 Å². The molecule has 20 heteroatoms. The second-order valence-corrected chi connectivity index (χ2v) is 16.6. The van der Waals surface area contributed by atoms with E-state index in [9.17, 15) is 32.8 Å². The Balaban J connectivity index is 0.800. The zero-order chi connectivity index (χ0) is 46.3. The van der Waals surface area contributed by atoms with Gasteiger partial charge in [-0.2, -0.15) is 4.98 Å². The fourth-order valence-electron chi connectivity index (χ4n) is 7.82. The largest absolute Gasteiger partial charge is 0.382 e. The van der Waals surface area contributed by atoms with E-state index in [1.54, 1.807) is 18.2 Å². The summed E-state index contributed by atoms with van der Waals surface area (Å²) < 4.78 is 54.8. The number of amides is 3. The Bertz CT molecular complexity index is 2360. The first kappa shape index (κ1) is 49.1. The third-order valence-electron chi connectivity index (χ3n) is 11.2. The lowest BCUT2D eigenvalue weighted by molar-refractivity contribution is -0.121. The number of anilines is 3. The van der Waals surface area contributed by atoms with Crippen molar-refractivity contribution in [3.63, 3.8) is 0 Å². The van der Waals surface area contributed by atoms with Gasteiger partial charge in [-0.15, -0.1) is 0 Å². The van der Waals surface area contributed by atoms with E-state index in [1.807, 2.05) is 32.0 Å². The average Bonchev–Trinajstić information content (AvgIpc) is 3.83. The molecule has 1 aliphatic heterocycles. The predicted molar refractivity (Wildman–Crippen MR) is 241 cm³/mol. The van der Waals surface area contributed by atoms with Gasteiger partial charge in [0.05, 0.1) is 75.6 Å². The number of imide groups is 1. The van der Waals surface area contributed by atoms with Crippen LogP contribution in [-0.4, -0.2) is 122 Å². The fraction of sp³-hybridized carbons (Fsp3) is 0.489. The summed E-state index contributed by atoms with van der Waals surface area (Å²) in [4.78, 5) is 73.8. The second-order valence-electron chi connectivity index (χ2n) is 15.6. The number of hydrogen-bond donors (Lipinski definition) is 4. The van der Waals surface area contributed by atoms with Gasteiger partial charge in [0.2, 0.25) is 11.9 Å². The van der Waals surface area contributed by atoms with Crippen LogP contribution in [0.3, 0.4) is 0 Å². The van der Waals surface area contributed by atoms with Crippen LogP contribution in [0.25, 0.3) is 11.0 Å². The number of alkyl halides is 2. The molecule has 0 bridgehead atoms. The molecule has 1 aliphatic carbocycles. The molecular weight excluding hydrogens is 867 g/mol. The van der Waals surface area contributed by atoms with Crippen LogP contribution in [0, 0.1) is 12.8 Å². The van der Waals surface area contributed by atoms with E-state index in [2.05, 4.69) is 30.6 Å². The van der Waals surface area contributed by atoms with Crippen LogP contribution in [0.5, 0.6) is 0 Å². The van der Waals surface area contributed by atoms with E-state index < -0.39 is 35.4 Å². The Morgan fingerprint density at radius 3 is 2.28 bits per heavy atom. The van der Waals surface area contributed by atoms with Crippen LogP contribution in [0.2, 0.25) is 0 Å². The predicted octanol–water partition coefficient (Wildman–Crippen LogP) is 5.61. The van der Waals surface area contributed by atoms with Crippen molar-refractivity contribution < 1.29 is 46.9 Å². The molecule has 0 saturated heterocycles. The minimum Gasteiger partial charge on any atom is -0.382 e. The molecule has 1 fully saturated rings. The Hall–Kier alpha value is -5.38. The van der Waals surface area contributed by atoms with E-state index in [1.165, 1.54) is 35.8 Å². The molecule has 2 aliphatic rings. The molecule has 350 valence electrons. The van der Waals surface area contributed by atoms with E-state index >= 15 is 0 Å². The van der Waals surface area contributed by atoms with Crippen LogP contribution in [0.15, 0.2) is 58.4 Å². The van der Waals surface area contributed by atoms with Crippen LogP contribution < -0.4 is 26.2 Å². The SMILES string of the molecule is CNC(=O)CCC(C=O)N1C(=O)c2cccc(NCCOCCOCCOCCOCCNSc3ccc(Nc4ncc5cc(C(F)F)c(=O)n(C6CCCC6C)c5n4)c(C)c3)c2C1=O. The number of carbonyl (C=O) groups is 4. The van der Waals surface area contributed by atoms with Gasteiger partial charge in [0.25, 0.3) is 23.8 Å². The number of rotatable bonds is 27. The van der Waals surface area contributed by atoms with E-state index in [4.69, 9.17) is 18.9 Å². The van der Waals surface area contributed by atoms with Gasteiger partial charge in [0.15, 0.2) is 0 Å². The molecule has 17 nitrogen and oxygen atoms in total. The Morgan fingerprint density at radius 1 is 0.923 bits per heavy atom. The first-order valence-corrected chi connectivity index (χ1v) is 22.5. The summed E-state index contributed by atoms with van der Waals surface area (Å²) in [5, 5.41) is 9.23. The lowest BCUT2D eigenvalue weighted by Gasteiger charge is -2.22. The van der Waals surface area contributed by atoms with Crippen molar-refractivity contribution in [1.82, 2.24) is 29.5 Å². The van der Waals surface area contributed by atoms with Gasteiger partial charge in [0, 0.05) is 60.5 Å². The lowest BCUT2D eigenvalue weighted by atomic mass is 10.1. The molecule has 3 heterocycles. The molecular formula is C45H56F2N8O9S. The number of nitrogens with zero attached hydrogens (tertiary/aromatic N) is 4. The summed E-state index contributed by atoms with van der Waals surface area (Å²) >= 11 is 1.47. The number of carbonyl (C=O) groups excluding carboxylic acids is 4. The maximum atomic E-state index is 13.8. The molecule has 6 rings (SSSR count). The van der Waals surface area contributed by atoms with E-state index in [0.717, 1.165) is 40.3 Å². The van der Waals surface area contributed by atoms with Crippen LogP contribution in [0.4, 0.5) is 26.1 Å². The number of aromatic nitrogens is 3. The van der Waals surface area contributed by atoms with Gasteiger partial charge in [-0.3, -0.25) is 33.4 Å². The minimum atomic E-state index is -2.89. The van der Waals surface area contributed by atoms with Gasteiger partial charge in [-0.05, 0) is 86.0 Å². The van der Waals surface area contributed by atoms with Crippen molar-refractivity contribution in [3.05, 3.63) is 81.3 Å². The molecule has 0 spiro atoms. The monoisotopic (exact) mass is 922 g/mol. The summed E-state index contributed by atoms with van der Waals surface area (Å²) in [5.41, 5.74) is 1.70. The highest BCUT2D eigenvalue weighted by atomic mass is 32.2. The summed E-state index contributed by atoms with van der Waals surface area (Å²) in [7, 11) is 1.47. The summed E-state index contributed by atoms with van der Waals surface area (Å²) in [6, 6.07) is 10.7. The van der Waals surface area contributed by atoms with Crippen molar-refractivity contribution in [2.75, 3.05) is 83.6 Å². The highest BCUT2D eigenvalue weighted by Gasteiger charge is 2.41. The first-order chi connectivity index (χ1) is 31.5. The van der Waals surface area contributed by atoms with Crippen molar-refractivity contribution in [2.45, 2.75) is 69.4 Å². The maximum Gasteiger partial charge on any atom is 0.269 e. The van der Waals surface area contributed by atoms with Gasteiger partial charge in [-0.1, -0.05) is 19.4 Å². The standard InChI is InChI=1S/C45H56F2N8O9S/c1-28-6-4-9-37(28)55-41-30(25-34(40(46)47)43(55)59)26-50-45(53-41)52-35-12-11-32(24-29(35)2)65-51-15-17-62-19-21-64-23-22-63-20-18-61-16-14-49-36-8-5-7-33-39(36)44(60)54(42(33)58)31(27-56)10-13-38(57)48-3/h5,7-8,11-12,24-28,31,37,40,49,51H,4,6,9-10,13-23H2,1-3H3,(H,48,57)(H,50,52,53). The maximum absolute atomic E-state index is 13.8. The Labute approximate surface area is 379 Å². The number of pyridine rings is 1. The average molecular weight is 923 g/mol.